The summed E-state index contributed by atoms with van der Waals surface area (Å²) < 4.78 is 0. The van der Waals surface area contributed by atoms with Crippen LogP contribution in [0.5, 0.6) is 0 Å². The van der Waals surface area contributed by atoms with Crippen LogP contribution in [-0.2, 0) is 4.79 Å². The average Bonchev–Trinajstić information content (AvgIpc) is 2.87. The number of thioether (sulfide) groups is 1. The Labute approximate surface area is 118 Å². The molecule has 2 rings (SSSR count). The van der Waals surface area contributed by atoms with Gasteiger partial charge in [-0.3, -0.25) is 14.9 Å². The number of carbonyl (C=O) groups is 2. The van der Waals surface area contributed by atoms with Crippen molar-refractivity contribution >= 4 is 29.3 Å². The molecule has 1 aliphatic heterocycles. The lowest BCUT2D eigenvalue weighted by Gasteiger charge is -2.20. The van der Waals surface area contributed by atoms with Crippen LogP contribution in [0.1, 0.15) is 15.9 Å². The average molecular weight is 296 g/mol. The third kappa shape index (κ3) is 2.60. The van der Waals surface area contributed by atoms with Crippen molar-refractivity contribution in [2.24, 2.45) is 0 Å². The molecule has 1 fully saturated rings. The molecule has 1 unspecified atom stereocenters. The Morgan fingerprint density at radius 1 is 1.50 bits per heavy atom. The molecule has 106 valence electrons. The molecule has 8 heteroatoms. The van der Waals surface area contributed by atoms with Crippen molar-refractivity contribution < 1.29 is 19.6 Å². The van der Waals surface area contributed by atoms with Crippen LogP contribution in [0.3, 0.4) is 0 Å². The monoisotopic (exact) mass is 296 g/mol. The summed E-state index contributed by atoms with van der Waals surface area (Å²) in [6, 6.07) is 3.28. The number of nitrogens with zero attached hydrogens (tertiary/aromatic N) is 2. The van der Waals surface area contributed by atoms with Crippen LogP contribution in [-0.4, -0.2) is 44.5 Å². The topological polar surface area (TPSA) is 101 Å². The highest BCUT2D eigenvalue weighted by Crippen LogP contribution is 2.25. The molecule has 0 bridgehead atoms. The number of benzene rings is 1. The largest absolute Gasteiger partial charge is 0.480 e. The van der Waals surface area contributed by atoms with Crippen LogP contribution in [0.4, 0.5) is 5.69 Å². The van der Waals surface area contributed by atoms with Crippen molar-refractivity contribution in [1.82, 2.24) is 4.90 Å². The molecule has 7 nitrogen and oxygen atoms in total. The van der Waals surface area contributed by atoms with E-state index in [0.717, 1.165) is 0 Å². The fourth-order valence-electron chi connectivity index (χ4n) is 1.95. The Bertz CT molecular complexity index is 589. The molecule has 20 heavy (non-hydrogen) atoms. The predicted molar refractivity (Wildman–Crippen MR) is 72.8 cm³/mol. The van der Waals surface area contributed by atoms with Gasteiger partial charge in [-0.1, -0.05) is 6.07 Å². The maximum Gasteiger partial charge on any atom is 0.327 e. The van der Waals surface area contributed by atoms with E-state index in [4.69, 9.17) is 5.11 Å². The summed E-state index contributed by atoms with van der Waals surface area (Å²) >= 11 is 1.35. The SMILES string of the molecule is Cc1ccc(C(=O)N2CSCC2C(=O)O)cc1[N+](=O)[O-]. The van der Waals surface area contributed by atoms with E-state index in [9.17, 15) is 19.7 Å². The first-order valence-corrected chi connectivity index (χ1v) is 6.94. The first-order valence-electron chi connectivity index (χ1n) is 5.78. The van der Waals surface area contributed by atoms with Crippen LogP contribution >= 0.6 is 11.8 Å². The van der Waals surface area contributed by atoms with Gasteiger partial charge >= 0.3 is 5.97 Å². The summed E-state index contributed by atoms with van der Waals surface area (Å²) in [5.74, 6) is -0.956. The van der Waals surface area contributed by atoms with Gasteiger partial charge in [-0.15, -0.1) is 11.8 Å². The minimum atomic E-state index is -1.06. The van der Waals surface area contributed by atoms with Crippen LogP contribution in [0.2, 0.25) is 0 Å². The molecule has 1 saturated heterocycles. The number of amides is 1. The smallest absolute Gasteiger partial charge is 0.327 e. The highest BCUT2D eigenvalue weighted by atomic mass is 32.2. The highest BCUT2D eigenvalue weighted by molar-refractivity contribution is 7.99. The van der Waals surface area contributed by atoms with E-state index in [0.29, 0.717) is 11.3 Å². The normalized spacial score (nSPS) is 18.1. The van der Waals surface area contributed by atoms with Crippen LogP contribution in [0.15, 0.2) is 18.2 Å². The fourth-order valence-corrected chi connectivity index (χ4v) is 3.10. The number of aliphatic carboxylic acids is 1. The lowest BCUT2D eigenvalue weighted by molar-refractivity contribution is -0.385. The summed E-state index contributed by atoms with van der Waals surface area (Å²) in [5, 5.41) is 19.9. The maximum absolute atomic E-state index is 12.3. The second kappa shape index (κ2) is 5.49. The molecule has 1 atom stereocenters. The Balaban J connectivity index is 2.32. The molecular weight excluding hydrogens is 284 g/mol. The third-order valence-electron chi connectivity index (χ3n) is 3.08. The Morgan fingerprint density at radius 3 is 2.80 bits per heavy atom. The van der Waals surface area contributed by atoms with E-state index in [2.05, 4.69) is 0 Å². The number of rotatable bonds is 3. The zero-order valence-corrected chi connectivity index (χ0v) is 11.4. The zero-order chi connectivity index (χ0) is 14.9. The number of nitro groups is 1. The minimum Gasteiger partial charge on any atom is -0.480 e. The zero-order valence-electron chi connectivity index (χ0n) is 10.6. The van der Waals surface area contributed by atoms with E-state index in [1.54, 1.807) is 6.92 Å². The quantitative estimate of drug-likeness (QED) is 0.670. The molecule has 0 radical (unpaired) electrons. The van der Waals surface area contributed by atoms with Crippen molar-refractivity contribution in [1.29, 1.82) is 0 Å². The van der Waals surface area contributed by atoms with Gasteiger partial charge in [0, 0.05) is 22.9 Å². The predicted octanol–water partition coefficient (Wildman–Crippen LogP) is 1.50. The van der Waals surface area contributed by atoms with Gasteiger partial charge < -0.3 is 10.0 Å². The van der Waals surface area contributed by atoms with Gasteiger partial charge in [0.2, 0.25) is 0 Å². The summed E-state index contributed by atoms with van der Waals surface area (Å²) in [4.78, 5) is 34.9. The number of hydrogen-bond acceptors (Lipinski definition) is 5. The first-order chi connectivity index (χ1) is 9.41. The molecule has 1 amide bonds. The van der Waals surface area contributed by atoms with Gasteiger partial charge in [-0.25, -0.2) is 4.79 Å². The molecule has 1 aromatic carbocycles. The van der Waals surface area contributed by atoms with Crippen LogP contribution < -0.4 is 0 Å². The summed E-state index contributed by atoms with van der Waals surface area (Å²) in [6.45, 7) is 1.58. The minimum absolute atomic E-state index is 0.135. The molecule has 0 aliphatic carbocycles. The third-order valence-corrected chi connectivity index (χ3v) is 4.09. The van der Waals surface area contributed by atoms with Crippen LogP contribution in [0, 0.1) is 17.0 Å². The molecule has 0 saturated carbocycles. The van der Waals surface area contributed by atoms with Gasteiger partial charge in [0.05, 0.1) is 10.8 Å². The number of hydrogen-bond donors (Lipinski definition) is 1. The van der Waals surface area contributed by atoms with Gasteiger partial charge in [-0.2, -0.15) is 0 Å². The lowest BCUT2D eigenvalue weighted by atomic mass is 10.1. The molecule has 1 aliphatic rings. The van der Waals surface area contributed by atoms with E-state index in [-0.39, 0.29) is 17.1 Å². The number of nitro benzene ring substituents is 1. The van der Waals surface area contributed by atoms with Gasteiger partial charge in [0.1, 0.15) is 6.04 Å². The lowest BCUT2D eigenvalue weighted by Crippen LogP contribution is -2.41. The second-order valence-corrected chi connectivity index (χ2v) is 5.39. The van der Waals surface area contributed by atoms with Crippen molar-refractivity contribution in [2.75, 3.05) is 11.6 Å². The van der Waals surface area contributed by atoms with Gasteiger partial charge in [0.15, 0.2) is 0 Å². The van der Waals surface area contributed by atoms with E-state index < -0.39 is 22.8 Å². The van der Waals surface area contributed by atoms with E-state index in [1.165, 1.54) is 34.9 Å². The highest BCUT2D eigenvalue weighted by Gasteiger charge is 2.35. The standard InChI is InChI=1S/C12H12N2O5S/c1-7-2-3-8(4-9(7)14(18)19)11(15)13-6-20-5-10(13)12(16)17/h2-4,10H,5-6H2,1H3,(H,16,17). The van der Waals surface area contributed by atoms with Crippen molar-refractivity contribution in [3.05, 3.63) is 39.4 Å². The molecule has 0 spiro atoms. The Morgan fingerprint density at radius 2 is 2.20 bits per heavy atom. The molecule has 1 N–H and O–H groups in total. The van der Waals surface area contributed by atoms with Gasteiger partial charge in [0.25, 0.3) is 11.6 Å². The number of carboxylic acid groups (broad SMARTS) is 1. The second-order valence-electron chi connectivity index (χ2n) is 4.39. The summed E-state index contributed by atoms with van der Waals surface area (Å²) in [7, 11) is 0. The van der Waals surface area contributed by atoms with Crippen LogP contribution in [0.25, 0.3) is 0 Å². The molecule has 0 aromatic heterocycles. The summed E-state index contributed by atoms with van der Waals surface area (Å²) in [6.07, 6.45) is 0. The van der Waals surface area contributed by atoms with Crippen molar-refractivity contribution in [2.45, 2.75) is 13.0 Å². The number of carboxylic acids is 1. The Hall–Kier alpha value is -2.09. The molecular formula is C12H12N2O5S. The number of aryl methyl sites for hydroxylation is 1. The molecule has 1 heterocycles. The van der Waals surface area contributed by atoms with E-state index in [1.807, 2.05) is 0 Å². The number of carbonyl (C=O) groups excluding carboxylic acids is 1. The maximum atomic E-state index is 12.3. The summed E-state index contributed by atoms with van der Waals surface area (Å²) in [5.41, 5.74) is 0.447. The van der Waals surface area contributed by atoms with E-state index >= 15 is 0 Å². The first kappa shape index (κ1) is 14.3. The van der Waals surface area contributed by atoms with Crippen molar-refractivity contribution in [3.8, 4) is 0 Å². The fraction of sp³-hybridized carbons (Fsp3) is 0.333. The van der Waals surface area contributed by atoms with Gasteiger partial charge in [-0.05, 0) is 13.0 Å². The molecule has 1 aromatic rings. The van der Waals surface area contributed by atoms with Crippen molar-refractivity contribution in [3.63, 3.8) is 0 Å². The Kier molecular flexibility index (Phi) is 3.93.